The summed E-state index contributed by atoms with van der Waals surface area (Å²) in [7, 11) is 3.32. The van der Waals surface area contributed by atoms with Crippen LogP contribution in [0.1, 0.15) is 16.7 Å². The second-order valence-electron chi connectivity index (χ2n) is 6.19. The van der Waals surface area contributed by atoms with Gasteiger partial charge in [-0.2, -0.15) is 0 Å². The van der Waals surface area contributed by atoms with Gasteiger partial charge in [0.1, 0.15) is 5.75 Å². The van der Waals surface area contributed by atoms with Gasteiger partial charge in [0, 0.05) is 33.0 Å². The predicted molar refractivity (Wildman–Crippen MR) is 101 cm³/mol. The first-order valence-electron chi connectivity index (χ1n) is 8.22. The molecule has 0 aliphatic heterocycles. The van der Waals surface area contributed by atoms with Crippen LogP contribution in [0.15, 0.2) is 42.6 Å². The number of pyridine rings is 1. The van der Waals surface area contributed by atoms with Gasteiger partial charge in [0.2, 0.25) is 0 Å². The summed E-state index contributed by atoms with van der Waals surface area (Å²) in [6.07, 6.45) is 1.73. The number of aryl methyl sites for hydroxylation is 3. The van der Waals surface area contributed by atoms with Gasteiger partial charge in [-0.25, -0.2) is 0 Å². The molecular formula is C22H22NO2Pt-. The average molecular weight is 528 g/mol. The summed E-state index contributed by atoms with van der Waals surface area (Å²) >= 11 is 0. The van der Waals surface area contributed by atoms with Crippen LogP contribution in [0.25, 0.3) is 22.4 Å². The van der Waals surface area contributed by atoms with E-state index in [0.717, 1.165) is 28.3 Å². The molecule has 26 heavy (non-hydrogen) atoms. The Hall–Kier alpha value is -2.12. The van der Waals surface area contributed by atoms with Crippen molar-refractivity contribution in [2.75, 3.05) is 14.2 Å². The molecule has 4 heteroatoms. The first-order chi connectivity index (χ1) is 12.0. The molecule has 0 saturated heterocycles. The zero-order valence-corrected chi connectivity index (χ0v) is 17.9. The fraction of sp³-hybridized carbons (Fsp3) is 0.227. The summed E-state index contributed by atoms with van der Waals surface area (Å²) in [4.78, 5) is 4.42. The molecule has 0 atom stereocenters. The minimum absolute atomic E-state index is 0. The number of hydrogen-bond donors (Lipinski definition) is 0. The van der Waals surface area contributed by atoms with Crippen molar-refractivity contribution in [3.05, 3.63) is 65.4 Å². The van der Waals surface area contributed by atoms with E-state index in [2.05, 4.69) is 50.0 Å². The second kappa shape index (κ2) is 8.51. The third-order valence-electron chi connectivity index (χ3n) is 4.31. The molecule has 138 valence electrons. The zero-order chi connectivity index (χ0) is 18.0. The topological polar surface area (TPSA) is 31.4 Å². The monoisotopic (exact) mass is 527 g/mol. The van der Waals surface area contributed by atoms with Gasteiger partial charge < -0.3 is 14.5 Å². The Morgan fingerprint density at radius 2 is 1.62 bits per heavy atom. The maximum absolute atomic E-state index is 5.63. The van der Waals surface area contributed by atoms with Gasteiger partial charge in [-0.15, -0.1) is 12.1 Å². The summed E-state index contributed by atoms with van der Waals surface area (Å²) in [5.41, 5.74) is 7.70. The van der Waals surface area contributed by atoms with Gasteiger partial charge in [0.15, 0.2) is 0 Å². The van der Waals surface area contributed by atoms with E-state index in [1.165, 1.54) is 22.3 Å². The Bertz CT molecular complexity index is 899. The van der Waals surface area contributed by atoms with Crippen LogP contribution >= 0.6 is 0 Å². The van der Waals surface area contributed by atoms with Gasteiger partial charge in [0.05, 0.1) is 14.2 Å². The van der Waals surface area contributed by atoms with Crippen molar-refractivity contribution in [3.63, 3.8) is 0 Å². The molecule has 0 N–H and O–H groups in total. The SMILES string of the molecule is COc1ccnc(-c2[c-]cc(-c3c(C)cc(C)cc3C)cc2OC)c1.[Pt]. The van der Waals surface area contributed by atoms with Crippen molar-refractivity contribution >= 4 is 0 Å². The van der Waals surface area contributed by atoms with Crippen molar-refractivity contribution in [2.24, 2.45) is 0 Å². The van der Waals surface area contributed by atoms with E-state index in [9.17, 15) is 0 Å². The molecule has 0 fully saturated rings. The van der Waals surface area contributed by atoms with Crippen molar-refractivity contribution in [1.29, 1.82) is 0 Å². The van der Waals surface area contributed by atoms with Gasteiger partial charge in [-0.05, 0) is 38.6 Å². The molecule has 3 nitrogen and oxygen atoms in total. The van der Waals surface area contributed by atoms with Crippen LogP contribution in [0.2, 0.25) is 0 Å². The minimum Gasteiger partial charge on any atom is -0.540 e. The normalized spacial score (nSPS) is 10.2. The number of rotatable bonds is 4. The van der Waals surface area contributed by atoms with E-state index in [0.29, 0.717) is 0 Å². The minimum atomic E-state index is 0. The smallest absolute Gasteiger partial charge is 0.113 e. The molecule has 0 radical (unpaired) electrons. The fourth-order valence-electron chi connectivity index (χ4n) is 3.29. The molecule has 2 aromatic carbocycles. The van der Waals surface area contributed by atoms with Crippen molar-refractivity contribution in [1.82, 2.24) is 4.98 Å². The van der Waals surface area contributed by atoms with Gasteiger partial charge in [0.25, 0.3) is 0 Å². The first-order valence-corrected chi connectivity index (χ1v) is 8.22. The Morgan fingerprint density at radius 1 is 0.923 bits per heavy atom. The maximum atomic E-state index is 5.63. The zero-order valence-electron chi connectivity index (χ0n) is 15.6. The van der Waals surface area contributed by atoms with E-state index in [1.54, 1.807) is 20.4 Å². The Labute approximate surface area is 169 Å². The largest absolute Gasteiger partial charge is 0.540 e. The van der Waals surface area contributed by atoms with Gasteiger partial charge >= 0.3 is 0 Å². The van der Waals surface area contributed by atoms with Crippen molar-refractivity contribution < 1.29 is 30.5 Å². The average Bonchev–Trinajstić information content (AvgIpc) is 2.60. The van der Waals surface area contributed by atoms with E-state index < -0.39 is 0 Å². The van der Waals surface area contributed by atoms with Crippen LogP contribution in [-0.4, -0.2) is 19.2 Å². The van der Waals surface area contributed by atoms with Crippen LogP contribution < -0.4 is 9.47 Å². The molecule has 0 bridgehead atoms. The third kappa shape index (κ3) is 3.99. The molecular weight excluding hydrogens is 505 g/mol. The number of nitrogens with zero attached hydrogens (tertiary/aromatic N) is 1. The van der Waals surface area contributed by atoms with Crippen molar-refractivity contribution in [3.8, 4) is 33.9 Å². The van der Waals surface area contributed by atoms with E-state index in [-0.39, 0.29) is 21.1 Å². The van der Waals surface area contributed by atoms with Crippen LogP contribution in [0.5, 0.6) is 11.5 Å². The number of methoxy groups -OCH3 is 2. The Balaban J connectivity index is 0.00000243. The number of aromatic nitrogens is 1. The maximum Gasteiger partial charge on any atom is 0.113 e. The molecule has 1 heterocycles. The van der Waals surface area contributed by atoms with Crippen molar-refractivity contribution in [2.45, 2.75) is 20.8 Å². The van der Waals surface area contributed by atoms with Crippen LogP contribution in [0.3, 0.4) is 0 Å². The summed E-state index contributed by atoms with van der Waals surface area (Å²) in [5.74, 6) is 1.51. The molecule has 1 aromatic heterocycles. The molecule has 0 spiro atoms. The Morgan fingerprint density at radius 3 is 2.23 bits per heavy atom. The molecule has 0 saturated carbocycles. The van der Waals surface area contributed by atoms with Crippen LogP contribution in [0.4, 0.5) is 0 Å². The fourth-order valence-corrected chi connectivity index (χ4v) is 3.29. The van der Waals surface area contributed by atoms with E-state index >= 15 is 0 Å². The summed E-state index contributed by atoms with van der Waals surface area (Å²) in [6, 6.07) is 15.5. The van der Waals surface area contributed by atoms with E-state index in [4.69, 9.17) is 9.47 Å². The van der Waals surface area contributed by atoms with Crippen LogP contribution in [0, 0.1) is 26.8 Å². The molecule has 0 amide bonds. The molecule has 3 aromatic rings. The number of hydrogen-bond acceptors (Lipinski definition) is 3. The first kappa shape index (κ1) is 20.2. The molecule has 0 aliphatic rings. The standard InChI is InChI=1S/C22H22NO2.Pt/c1-14-10-15(2)22(16(3)11-14)17-6-7-19(21(12-17)25-5)20-13-18(24-4)8-9-23-20;/h6,8-13H,1-5H3;/q-1;. The molecule has 0 aliphatic carbocycles. The van der Waals surface area contributed by atoms with Gasteiger partial charge in [-0.3, -0.25) is 0 Å². The second-order valence-corrected chi connectivity index (χ2v) is 6.19. The summed E-state index contributed by atoms with van der Waals surface area (Å²) in [5, 5.41) is 0. The Kier molecular flexibility index (Phi) is 6.61. The number of ether oxygens (including phenoxy) is 2. The summed E-state index contributed by atoms with van der Waals surface area (Å²) in [6.45, 7) is 6.40. The number of benzene rings is 2. The quantitative estimate of drug-likeness (QED) is 0.440. The predicted octanol–water partition coefficient (Wildman–Crippen LogP) is 5.16. The molecule has 3 rings (SSSR count). The summed E-state index contributed by atoms with van der Waals surface area (Å²) < 4.78 is 10.9. The third-order valence-corrected chi connectivity index (χ3v) is 4.31. The van der Waals surface area contributed by atoms with E-state index in [1.807, 2.05) is 18.2 Å². The molecule has 0 unspecified atom stereocenters. The van der Waals surface area contributed by atoms with Crippen LogP contribution in [-0.2, 0) is 21.1 Å². The van der Waals surface area contributed by atoms with Gasteiger partial charge in [-0.1, -0.05) is 51.6 Å².